The summed E-state index contributed by atoms with van der Waals surface area (Å²) in [6.45, 7) is 5.84. The predicted molar refractivity (Wildman–Crippen MR) is 111 cm³/mol. The second kappa shape index (κ2) is 8.67. The van der Waals surface area contributed by atoms with Gasteiger partial charge in [0.05, 0.1) is 18.0 Å². The zero-order valence-corrected chi connectivity index (χ0v) is 17.5. The fraction of sp³-hybridized carbons (Fsp3) is 0.250. The van der Waals surface area contributed by atoms with E-state index < -0.39 is 5.25 Å². The van der Waals surface area contributed by atoms with Gasteiger partial charge >= 0.3 is 0 Å². The van der Waals surface area contributed by atoms with Crippen molar-refractivity contribution >= 4 is 35.0 Å². The van der Waals surface area contributed by atoms with Crippen LogP contribution in [0.1, 0.15) is 18.1 Å². The number of hydrogen-bond donors (Lipinski definition) is 1. The number of methoxy groups -OCH3 is 1. The third-order valence-corrected chi connectivity index (χ3v) is 5.40. The van der Waals surface area contributed by atoms with E-state index in [4.69, 9.17) is 20.8 Å². The first-order valence-electron chi connectivity index (χ1n) is 8.59. The zero-order valence-electron chi connectivity index (χ0n) is 15.9. The van der Waals surface area contributed by atoms with Crippen molar-refractivity contribution in [3.05, 3.63) is 52.5 Å². The number of carbonyl (C=O) groups is 1. The van der Waals surface area contributed by atoms with E-state index in [1.165, 1.54) is 24.4 Å². The number of aromatic nitrogens is 2. The van der Waals surface area contributed by atoms with Crippen molar-refractivity contribution in [2.75, 3.05) is 12.4 Å². The third kappa shape index (κ3) is 4.66. The van der Waals surface area contributed by atoms with Crippen LogP contribution in [0.15, 0.2) is 46.0 Å². The van der Waals surface area contributed by atoms with E-state index in [0.29, 0.717) is 27.6 Å². The highest BCUT2D eigenvalue weighted by molar-refractivity contribution is 8.00. The zero-order chi connectivity index (χ0) is 20.3. The van der Waals surface area contributed by atoms with E-state index in [9.17, 15) is 4.79 Å². The monoisotopic (exact) mass is 417 g/mol. The Morgan fingerprint density at radius 1 is 1.18 bits per heavy atom. The fourth-order valence-corrected chi connectivity index (χ4v) is 3.32. The maximum atomic E-state index is 12.5. The van der Waals surface area contributed by atoms with E-state index in [0.717, 1.165) is 11.1 Å². The molecule has 0 saturated heterocycles. The Morgan fingerprint density at radius 2 is 1.96 bits per heavy atom. The summed E-state index contributed by atoms with van der Waals surface area (Å²) >= 11 is 7.19. The number of benzene rings is 2. The van der Waals surface area contributed by atoms with Crippen LogP contribution in [0.25, 0.3) is 11.5 Å². The van der Waals surface area contributed by atoms with E-state index >= 15 is 0 Å². The number of rotatable bonds is 6. The smallest absolute Gasteiger partial charge is 0.277 e. The summed E-state index contributed by atoms with van der Waals surface area (Å²) in [6.07, 6.45) is 0. The van der Waals surface area contributed by atoms with Crippen LogP contribution in [0.2, 0.25) is 5.02 Å². The number of aryl methyl sites for hydroxylation is 2. The van der Waals surface area contributed by atoms with Crippen LogP contribution >= 0.6 is 23.4 Å². The van der Waals surface area contributed by atoms with Gasteiger partial charge in [0.15, 0.2) is 0 Å². The highest BCUT2D eigenvalue weighted by atomic mass is 35.5. The van der Waals surface area contributed by atoms with Crippen molar-refractivity contribution in [2.24, 2.45) is 0 Å². The molecule has 0 aliphatic rings. The summed E-state index contributed by atoms with van der Waals surface area (Å²) in [4.78, 5) is 12.5. The first kappa shape index (κ1) is 20.2. The van der Waals surface area contributed by atoms with E-state index in [1.807, 2.05) is 32.0 Å². The van der Waals surface area contributed by atoms with Gasteiger partial charge in [-0.3, -0.25) is 4.79 Å². The minimum absolute atomic E-state index is 0.225. The van der Waals surface area contributed by atoms with Gasteiger partial charge in [-0.25, -0.2) is 0 Å². The molecule has 28 heavy (non-hydrogen) atoms. The Hall–Kier alpha value is -2.51. The van der Waals surface area contributed by atoms with Crippen molar-refractivity contribution < 1.29 is 13.9 Å². The summed E-state index contributed by atoms with van der Waals surface area (Å²) in [5.41, 5.74) is 3.70. The molecule has 0 saturated carbocycles. The molecule has 6 nitrogen and oxygen atoms in total. The Kier molecular flexibility index (Phi) is 6.26. The van der Waals surface area contributed by atoms with Crippen LogP contribution in [0, 0.1) is 13.8 Å². The molecule has 2 aromatic carbocycles. The number of amides is 1. The Balaban J connectivity index is 1.69. The molecule has 1 aromatic heterocycles. The molecule has 0 unspecified atom stereocenters. The average Bonchev–Trinajstić information content (AvgIpc) is 3.12. The van der Waals surface area contributed by atoms with Gasteiger partial charge in [-0.15, -0.1) is 10.2 Å². The van der Waals surface area contributed by atoms with Crippen molar-refractivity contribution in [1.82, 2.24) is 10.2 Å². The maximum absolute atomic E-state index is 12.5. The van der Waals surface area contributed by atoms with Gasteiger partial charge < -0.3 is 14.5 Å². The molecule has 1 heterocycles. The Bertz CT molecular complexity index is 1010. The van der Waals surface area contributed by atoms with E-state index in [-0.39, 0.29) is 5.91 Å². The molecular formula is C20H20ClN3O3S. The molecule has 0 bridgehead atoms. The van der Waals surface area contributed by atoms with Crippen molar-refractivity contribution in [3.8, 4) is 17.2 Å². The first-order valence-corrected chi connectivity index (χ1v) is 9.85. The van der Waals surface area contributed by atoms with Crippen molar-refractivity contribution in [2.45, 2.75) is 31.2 Å². The number of ether oxygens (including phenoxy) is 1. The standard InChI is InChI=1S/C20H20ClN3O3S/c1-11-5-6-14(9-12(11)2)19-23-24-20(27-19)28-13(3)18(25)22-16-10-15(21)7-8-17(16)26-4/h5-10,13H,1-4H3,(H,22,25)/t13-/m1/s1. The maximum Gasteiger partial charge on any atom is 0.277 e. The molecule has 1 atom stereocenters. The lowest BCUT2D eigenvalue weighted by atomic mass is 10.1. The number of hydrogen-bond acceptors (Lipinski definition) is 6. The van der Waals surface area contributed by atoms with Crippen LogP contribution in [0.3, 0.4) is 0 Å². The van der Waals surface area contributed by atoms with Gasteiger partial charge in [0.25, 0.3) is 5.22 Å². The molecule has 146 valence electrons. The summed E-state index contributed by atoms with van der Waals surface area (Å²) in [6, 6.07) is 11.0. The lowest BCUT2D eigenvalue weighted by Crippen LogP contribution is -2.22. The molecule has 8 heteroatoms. The van der Waals surface area contributed by atoms with Crippen molar-refractivity contribution in [1.29, 1.82) is 0 Å². The third-order valence-electron chi connectivity index (χ3n) is 4.23. The Labute approximate surface area is 172 Å². The van der Waals surface area contributed by atoms with E-state index in [2.05, 4.69) is 15.5 Å². The van der Waals surface area contributed by atoms with Crippen LogP contribution in [0.4, 0.5) is 5.69 Å². The highest BCUT2D eigenvalue weighted by Gasteiger charge is 2.20. The lowest BCUT2D eigenvalue weighted by molar-refractivity contribution is -0.115. The molecular weight excluding hydrogens is 398 g/mol. The summed E-state index contributed by atoms with van der Waals surface area (Å²) < 4.78 is 11.0. The molecule has 0 aliphatic heterocycles. The lowest BCUT2D eigenvalue weighted by Gasteiger charge is -2.13. The molecule has 0 aliphatic carbocycles. The molecule has 1 N–H and O–H groups in total. The number of thioether (sulfide) groups is 1. The van der Waals surface area contributed by atoms with Gasteiger partial charge in [0.1, 0.15) is 5.75 Å². The van der Waals surface area contributed by atoms with Crippen molar-refractivity contribution in [3.63, 3.8) is 0 Å². The minimum Gasteiger partial charge on any atom is -0.495 e. The van der Waals surface area contributed by atoms with Crippen LogP contribution in [0.5, 0.6) is 5.75 Å². The average molecular weight is 418 g/mol. The number of nitrogens with one attached hydrogen (secondary N) is 1. The minimum atomic E-state index is -0.461. The van der Waals surface area contributed by atoms with E-state index in [1.54, 1.807) is 25.1 Å². The first-order chi connectivity index (χ1) is 13.4. The second-order valence-electron chi connectivity index (χ2n) is 6.27. The number of halogens is 1. The fourth-order valence-electron chi connectivity index (χ4n) is 2.47. The van der Waals surface area contributed by atoms with Gasteiger partial charge in [-0.2, -0.15) is 0 Å². The van der Waals surface area contributed by atoms with Gasteiger partial charge in [0, 0.05) is 10.6 Å². The summed E-state index contributed by atoms with van der Waals surface area (Å²) in [7, 11) is 1.53. The molecule has 1 amide bonds. The Morgan fingerprint density at radius 3 is 2.68 bits per heavy atom. The molecule has 0 fully saturated rings. The molecule has 0 radical (unpaired) electrons. The number of carbonyl (C=O) groups excluding carboxylic acids is 1. The molecule has 3 aromatic rings. The quantitative estimate of drug-likeness (QED) is 0.560. The molecule has 0 spiro atoms. The normalized spacial score (nSPS) is 11.9. The summed E-state index contributed by atoms with van der Waals surface area (Å²) in [5.74, 6) is 0.732. The van der Waals surface area contributed by atoms with Gasteiger partial charge in [-0.05, 0) is 62.2 Å². The van der Waals surface area contributed by atoms with Gasteiger partial charge in [0.2, 0.25) is 11.8 Å². The van der Waals surface area contributed by atoms with Gasteiger partial charge in [-0.1, -0.05) is 29.4 Å². The number of nitrogens with zero attached hydrogens (tertiary/aromatic N) is 2. The molecule has 3 rings (SSSR count). The van der Waals surface area contributed by atoms with Crippen LogP contribution in [-0.4, -0.2) is 28.5 Å². The topological polar surface area (TPSA) is 77.2 Å². The van der Waals surface area contributed by atoms with Crippen LogP contribution in [-0.2, 0) is 4.79 Å². The largest absolute Gasteiger partial charge is 0.495 e. The SMILES string of the molecule is COc1ccc(Cl)cc1NC(=O)[C@@H](C)Sc1nnc(-c2ccc(C)c(C)c2)o1. The van der Waals surface area contributed by atoms with Crippen LogP contribution < -0.4 is 10.1 Å². The number of anilines is 1. The second-order valence-corrected chi connectivity index (χ2v) is 7.99. The summed E-state index contributed by atoms with van der Waals surface area (Å²) in [5, 5.41) is 11.3. The predicted octanol–water partition coefficient (Wildman–Crippen LogP) is 5.13. The highest BCUT2D eigenvalue weighted by Crippen LogP contribution is 2.30.